The molecule has 0 N–H and O–H groups in total. The lowest BCUT2D eigenvalue weighted by atomic mass is 9.51. The summed E-state index contributed by atoms with van der Waals surface area (Å²) in [7, 11) is 3.11. The Hall–Kier alpha value is -3.39. The van der Waals surface area contributed by atoms with Gasteiger partial charge in [0.2, 0.25) is 12.3 Å². The van der Waals surface area contributed by atoms with Crippen LogP contribution in [0.4, 0.5) is 5.69 Å². The SMILES string of the molecule is COc1ccc2c(c1OC)N(C=O)[C@@H]1CC(=O)[C@@]3(CCOCc4ccccc4)CCCN4C(=O)C[C@@]21[C@H]43. The highest BCUT2D eigenvalue weighted by atomic mass is 16.5. The molecule has 2 aromatic rings. The van der Waals surface area contributed by atoms with Gasteiger partial charge in [0.15, 0.2) is 11.5 Å². The molecule has 0 aromatic heterocycles. The monoisotopic (exact) mass is 504 g/mol. The lowest BCUT2D eigenvalue weighted by Crippen LogP contribution is -2.68. The number of ether oxygens (including phenoxy) is 3. The minimum absolute atomic E-state index is 0.0486. The number of fused-ring (bicyclic) bond motifs is 1. The first kappa shape index (κ1) is 24.0. The predicted octanol–water partition coefficient (Wildman–Crippen LogP) is 3.25. The molecule has 4 atom stereocenters. The number of carbonyl (C=O) groups excluding carboxylic acids is 3. The van der Waals surface area contributed by atoms with Gasteiger partial charge in [-0.25, -0.2) is 0 Å². The first-order chi connectivity index (χ1) is 18.0. The molecular weight excluding hydrogens is 472 g/mol. The maximum absolute atomic E-state index is 14.1. The Morgan fingerprint density at radius 1 is 1.08 bits per heavy atom. The van der Waals surface area contributed by atoms with E-state index in [4.69, 9.17) is 14.2 Å². The number of ketones is 1. The summed E-state index contributed by atoms with van der Waals surface area (Å²) < 4.78 is 17.3. The molecule has 3 aliphatic heterocycles. The molecule has 8 heteroatoms. The smallest absolute Gasteiger partial charge is 0.223 e. The van der Waals surface area contributed by atoms with Crippen LogP contribution >= 0.6 is 0 Å². The highest BCUT2D eigenvalue weighted by molar-refractivity contribution is 5.99. The van der Waals surface area contributed by atoms with Crippen LogP contribution in [-0.4, -0.2) is 62.5 Å². The van der Waals surface area contributed by atoms with Crippen LogP contribution < -0.4 is 14.4 Å². The summed E-state index contributed by atoms with van der Waals surface area (Å²) in [5.74, 6) is 1.14. The fourth-order valence-corrected chi connectivity index (χ4v) is 7.78. The molecule has 4 aliphatic rings. The Bertz CT molecular complexity index is 1250. The standard InChI is InChI=1S/C29H32N2O6/c1-35-21-10-9-20-25(26(21)36-2)31(18-32)22-15-23(33)28(12-14-37-17-19-7-4-3-5-8-19)11-6-13-30-24(34)16-29(20,22)27(28)30/h3-5,7-10,18,22,27H,6,11-17H2,1-2H3/t22-,27-,28+,29-/m1/s1. The van der Waals surface area contributed by atoms with Gasteiger partial charge in [-0.3, -0.25) is 14.4 Å². The molecule has 8 nitrogen and oxygen atoms in total. The molecule has 6 rings (SSSR count). The molecule has 1 aliphatic carbocycles. The number of hydrogen-bond acceptors (Lipinski definition) is 6. The largest absolute Gasteiger partial charge is 0.493 e. The number of Topliss-reactive ketones (excluding diaryl/α,β-unsaturated/α-hetero) is 1. The van der Waals surface area contributed by atoms with Gasteiger partial charge in [-0.2, -0.15) is 0 Å². The van der Waals surface area contributed by atoms with Crippen molar-refractivity contribution in [1.82, 2.24) is 4.90 Å². The number of anilines is 1. The van der Waals surface area contributed by atoms with E-state index < -0.39 is 16.9 Å². The number of hydrogen-bond donors (Lipinski definition) is 0. The summed E-state index contributed by atoms with van der Waals surface area (Å²) in [6.45, 7) is 1.53. The zero-order valence-electron chi connectivity index (χ0n) is 21.3. The van der Waals surface area contributed by atoms with E-state index in [-0.39, 0.29) is 30.6 Å². The molecule has 1 saturated carbocycles. The van der Waals surface area contributed by atoms with Crippen molar-refractivity contribution in [3.05, 3.63) is 53.6 Å². The van der Waals surface area contributed by atoms with Gasteiger partial charge in [0.05, 0.1) is 44.0 Å². The van der Waals surface area contributed by atoms with E-state index in [0.29, 0.717) is 49.8 Å². The fourth-order valence-electron chi connectivity index (χ4n) is 7.78. The Morgan fingerprint density at radius 3 is 2.62 bits per heavy atom. The molecule has 37 heavy (non-hydrogen) atoms. The summed E-state index contributed by atoms with van der Waals surface area (Å²) in [4.78, 5) is 43.7. The van der Waals surface area contributed by atoms with Crippen LogP contribution in [0.15, 0.2) is 42.5 Å². The third kappa shape index (κ3) is 3.21. The Labute approximate surface area is 216 Å². The van der Waals surface area contributed by atoms with E-state index in [2.05, 4.69) is 0 Å². The van der Waals surface area contributed by atoms with E-state index in [0.717, 1.165) is 24.0 Å². The highest BCUT2D eigenvalue weighted by Crippen LogP contribution is 2.66. The minimum Gasteiger partial charge on any atom is -0.493 e. The van der Waals surface area contributed by atoms with Gasteiger partial charge in [0.1, 0.15) is 5.78 Å². The topological polar surface area (TPSA) is 85.4 Å². The third-order valence-electron chi connectivity index (χ3n) is 9.17. The molecule has 194 valence electrons. The second-order valence-corrected chi connectivity index (χ2v) is 10.6. The number of amides is 2. The first-order valence-corrected chi connectivity index (χ1v) is 13.0. The number of rotatable bonds is 8. The quantitative estimate of drug-likeness (QED) is 0.405. The average molecular weight is 505 g/mol. The summed E-state index contributed by atoms with van der Waals surface area (Å²) in [5, 5.41) is 0. The van der Waals surface area contributed by atoms with Gasteiger partial charge in [-0.1, -0.05) is 36.4 Å². The zero-order valence-corrected chi connectivity index (χ0v) is 21.3. The summed E-state index contributed by atoms with van der Waals surface area (Å²) in [6.07, 6.45) is 3.30. The van der Waals surface area contributed by atoms with Crippen molar-refractivity contribution in [3.8, 4) is 11.5 Å². The minimum atomic E-state index is -0.707. The van der Waals surface area contributed by atoms with Crippen LogP contribution in [0.2, 0.25) is 0 Å². The van der Waals surface area contributed by atoms with E-state index in [1.807, 2.05) is 47.4 Å². The Kier molecular flexibility index (Phi) is 5.75. The van der Waals surface area contributed by atoms with Gasteiger partial charge < -0.3 is 24.0 Å². The van der Waals surface area contributed by atoms with Crippen molar-refractivity contribution >= 4 is 23.8 Å². The molecule has 3 fully saturated rings. The van der Waals surface area contributed by atoms with Crippen molar-refractivity contribution in [3.63, 3.8) is 0 Å². The van der Waals surface area contributed by atoms with Gasteiger partial charge in [-0.15, -0.1) is 0 Å². The van der Waals surface area contributed by atoms with Crippen molar-refractivity contribution in [2.75, 3.05) is 32.3 Å². The number of piperidine rings is 1. The average Bonchev–Trinajstić information content (AvgIpc) is 3.38. The predicted molar refractivity (Wildman–Crippen MR) is 136 cm³/mol. The van der Waals surface area contributed by atoms with Gasteiger partial charge in [0.25, 0.3) is 0 Å². The van der Waals surface area contributed by atoms with Crippen molar-refractivity contribution < 1.29 is 28.6 Å². The van der Waals surface area contributed by atoms with Crippen LogP contribution in [-0.2, 0) is 31.1 Å². The molecular formula is C29H32N2O6. The van der Waals surface area contributed by atoms with Crippen LogP contribution in [0.1, 0.15) is 43.2 Å². The summed E-state index contributed by atoms with van der Waals surface area (Å²) >= 11 is 0. The van der Waals surface area contributed by atoms with Gasteiger partial charge in [-0.05, 0) is 36.5 Å². The number of carbonyl (C=O) groups is 3. The van der Waals surface area contributed by atoms with E-state index in [1.165, 1.54) is 0 Å². The highest BCUT2D eigenvalue weighted by Gasteiger charge is 2.73. The van der Waals surface area contributed by atoms with Crippen LogP contribution in [0.5, 0.6) is 11.5 Å². The lowest BCUT2D eigenvalue weighted by molar-refractivity contribution is -0.149. The molecule has 2 saturated heterocycles. The fraction of sp³-hybridized carbons (Fsp3) is 0.483. The van der Waals surface area contributed by atoms with Gasteiger partial charge in [0, 0.05) is 31.4 Å². The summed E-state index contributed by atoms with van der Waals surface area (Å²) in [5.41, 5.74) is 1.21. The first-order valence-electron chi connectivity index (χ1n) is 13.0. The molecule has 0 bridgehead atoms. The van der Waals surface area contributed by atoms with Crippen LogP contribution in [0.3, 0.4) is 0 Å². The molecule has 1 spiro atoms. The van der Waals surface area contributed by atoms with Crippen molar-refractivity contribution in [1.29, 1.82) is 0 Å². The number of methoxy groups -OCH3 is 2. The van der Waals surface area contributed by atoms with Crippen molar-refractivity contribution in [2.24, 2.45) is 5.41 Å². The molecule has 2 aromatic carbocycles. The molecule has 0 radical (unpaired) electrons. The maximum atomic E-state index is 14.1. The van der Waals surface area contributed by atoms with Gasteiger partial charge >= 0.3 is 0 Å². The molecule has 3 heterocycles. The van der Waals surface area contributed by atoms with Crippen molar-refractivity contribution in [2.45, 2.75) is 56.2 Å². The van der Waals surface area contributed by atoms with Crippen LogP contribution in [0, 0.1) is 5.41 Å². The van der Waals surface area contributed by atoms with E-state index in [9.17, 15) is 14.4 Å². The maximum Gasteiger partial charge on any atom is 0.223 e. The third-order valence-corrected chi connectivity index (χ3v) is 9.17. The normalized spacial score (nSPS) is 29.6. The summed E-state index contributed by atoms with van der Waals surface area (Å²) in [6, 6.07) is 13.0. The second-order valence-electron chi connectivity index (χ2n) is 10.6. The zero-order chi connectivity index (χ0) is 25.8. The number of benzene rings is 2. The second kappa shape index (κ2) is 8.87. The molecule has 2 amide bonds. The van der Waals surface area contributed by atoms with E-state index in [1.54, 1.807) is 19.1 Å². The number of nitrogens with zero attached hydrogens (tertiary/aromatic N) is 2. The Morgan fingerprint density at radius 2 is 1.89 bits per heavy atom. The molecule has 0 unspecified atom stereocenters. The Balaban J connectivity index is 1.42. The van der Waals surface area contributed by atoms with Crippen LogP contribution in [0.25, 0.3) is 0 Å². The lowest BCUT2D eigenvalue weighted by Gasteiger charge is -2.56. The van der Waals surface area contributed by atoms with E-state index >= 15 is 0 Å².